The van der Waals surface area contributed by atoms with E-state index in [1.165, 1.54) is 38.3 Å². The Hall–Kier alpha value is -1.96. The number of hydrogen-bond donors (Lipinski definition) is 2. The van der Waals surface area contributed by atoms with E-state index in [4.69, 9.17) is 4.42 Å². The van der Waals surface area contributed by atoms with E-state index in [1.54, 1.807) is 18.2 Å². The third-order valence-corrected chi connectivity index (χ3v) is 4.73. The molecule has 0 aliphatic heterocycles. The molecule has 0 aliphatic carbocycles. The minimum Gasteiger partial charge on any atom is -0.469 e. The van der Waals surface area contributed by atoms with Crippen molar-refractivity contribution in [3.8, 4) is 0 Å². The van der Waals surface area contributed by atoms with Gasteiger partial charge >= 0.3 is 0 Å². The number of carbonyl (C=O) groups is 1. The Bertz CT molecular complexity index is 779. The summed E-state index contributed by atoms with van der Waals surface area (Å²) in [7, 11) is -3.82. The molecule has 1 aromatic heterocycles. The molecule has 1 atom stereocenters. The Balaban J connectivity index is 2.09. The lowest BCUT2D eigenvalue weighted by molar-refractivity contribution is 0.0603. The Morgan fingerprint density at radius 1 is 1.30 bits per heavy atom. The van der Waals surface area contributed by atoms with E-state index in [0.717, 1.165) is 0 Å². The van der Waals surface area contributed by atoms with E-state index >= 15 is 0 Å². The molecule has 0 bridgehead atoms. The maximum absolute atomic E-state index is 12.3. The van der Waals surface area contributed by atoms with E-state index in [2.05, 4.69) is 4.72 Å². The SMILES string of the molecule is CC(=O)c1cccc(S(=O)(=O)NCC(C)(O)Cc2ccco2)c1. The fourth-order valence-corrected chi connectivity index (χ4v) is 3.27. The lowest BCUT2D eigenvalue weighted by atomic mass is 10.0. The van der Waals surface area contributed by atoms with Crippen molar-refractivity contribution < 1.29 is 22.7 Å². The maximum Gasteiger partial charge on any atom is 0.240 e. The van der Waals surface area contributed by atoms with Crippen LogP contribution in [0.3, 0.4) is 0 Å². The predicted octanol–water partition coefficient (Wildman–Crippen LogP) is 1.75. The summed E-state index contributed by atoms with van der Waals surface area (Å²) in [5.74, 6) is 0.347. The second-order valence-electron chi connectivity index (χ2n) is 5.66. The molecule has 1 aromatic carbocycles. The summed E-state index contributed by atoms with van der Waals surface area (Å²) in [5.41, 5.74) is -0.987. The first-order valence-corrected chi connectivity index (χ1v) is 8.53. The van der Waals surface area contributed by atoms with Crippen LogP contribution in [0.5, 0.6) is 0 Å². The molecule has 0 spiro atoms. The van der Waals surface area contributed by atoms with Crippen molar-refractivity contribution in [2.24, 2.45) is 0 Å². The van der Waals surface area contributed by atoms with Crippen LogP contribution in [-0.2, 0) is 16.4 Å². The van der Waals surface area contributed by atoms with Gasteiger partial charge < -0.3 is 9.52 Å². The summed E-state index contributed by atoms with van der Waals surface area (Å²) >= 11 is 0. The largest absolute Gasteiger partial charge is 0.469 e. The number of carbonyl (C=O) groups excluding carboxylic acids is 1. The van der Waals surface area contributed by atoms with Crippen LogP contribution in [0.15, 0.2) is 52.0 Å². The zero-order valence-corrected chi connectivity index (χ0v) is 13.8. The van der Waals surface area contributed by atoms with Crippen LogP contribution in [0, 0.1) is 0 Å². The number of furan rings is 1. The Labute approximate surface area is 135 Å². The monoisotopic (exact) mass is 337 g/mol. The average molecular weight is 337 g/mol. The lowest BCUT2D eigenvalue weighted by Gasteiger charge is -2.22. The Morgan fingerprint density at radius 2 is 2.04 bits per heavy atom. The summed E-state index contributed by atoms with van der Waals surface area (Å²) in [6.07, 6.45) is 1.67. The number of aliphatic hydroxyl groups is 1. The van der Waals surface area contributed by atoms with Gasteiger partial charge in [0.05, 0.1) is 16.8 Å². The highest BCUT2D eigenvalue weighted by molar-refractivity contribution is 7.89. The minimum atomic E-state index is -3.82. The molecular formula is C16H19NO5S. The molecule has 0 saturated heterocycles. The van der Waals surface area contributed by atoms with Crippen molar-refractivity contribution in [2.75, 3.05) is 6.54 Å². The van der Waals surface area contributed by atoms with Crippen LogP contribution < -0.4 is 4.72 Å². The van der Waals surface area contributed by atoms with Crippen molar-refractivity contribution in [1.29, 1.82) is 0 Å². The maximum atomic E-state index is 12.3. The third kappa shape index (κ3) is 4.75. The molecule has 1 unspecified atom stereocenters. The van der Waals surface area contributed by atoms with Crippen LogP contribution in [-0.4, -0.2) is 31.5 Å². The first kappa shape index (κ1) is 17.4. The number of nitrogens with one attached hydrogen (secondary N) is 1. The number of Topliss-reactive ketones (excluding diaryl/α,β-unsaturated/α-hetero) is 1. The van der Waals surface area contributed by atoms with Crippen molar-refractivity contribution in [1.82, 2.24) is 4.72 Å². The van der Waals surface area contributed by atoms with Crippen LogP contribution in [0.1, 0.15) is 30.0 Å². The van der Waals surface area contributed by atoms with Crippen LogP contribution in [0.2, 0.25) is 0 Å². The molecule has 0 radical (unpaired) electrons. The molecule has 2 rings (SSSR count). The van der Waals surface area contributed by atoms with Crippen LogP contribution in [0.25, 0.3) is 0 Å². The van der Waals surface area contributed by atoms with Crippen molar-refractivity contribution >= 4 is 15.8 Å². The van der Waals surface area contributed by atoms with Gasteiger partial charge in [0.1, 0.15) is 5.76 Å². The zero-order valence-electron chi connectivity index (χ0n) is 12.9. The Morgan fingerprint density at radius 3 is 2.65 bits per heavy atom. The Kier molecular flexibility index (Phi) is 5.03. The fraction of sp³-hybridized carbons (Fsp3) is 0.312. The molecule has 0 fully saturated rings. The second kappa shape index (κ2) is 6.66. The number of ketones is 1. The molecule has 2 aromatic rings. The second-order valence-corrected chi connectivity index (χ2v) is 7.43. The number of benzene rings is 1. The van der Waals surface area contributed by atoms with Crippen molar-refractivity contribution in [2.45, 2.75) is 30.8 Å². The van der Waals surface area contributed by atoms with E-state index in [9.17, 15) is 18.3 Å². The van der Waals surface area contributed by atoms with Gasteiger partial charge in [0.2, 0.25) is 10.0 Å². The van der Waals surface area contributed by atoms with Crippen molar-refractivity contribution in [3.63, 3.8) is 0 Å². The highest BCUT2D eigenvalue weighted by Gasteiger charge is 2.26. The smallest absolute Gasteiger partial charge is 0.240 e. The molecule has 0 amide bonds. The van der Waals surface area contributed by atoms with Gasteiger partial charge in [-0.1, -0.05) is 12.1 Å². The van der Waals surface area contributed by atoms with Gasteiger partial charge in [-0.25, -0.2) is 13.1 Å². The van der Waals surface area contributed by atoms with Gasteiger partial charge in [0, 0.05) is 18.5 Å². The van der Waals surface area contributed by atoms with Gasteiger partial charge in [-0.2, -0.15) is 0 Å². The zero-order chi connectivity index (χ0) is 17.1. The highest BCUT2D eigenvalue weighted by atomic mass is 32.2. The van der Waals surface area contributed by atoms with E-state index in [1.807, 2.05) is 0 Å². The topological polar surface area (TPSA) is 96.6 Å². The van der Waals surface area contributed by atoms with Crippen LogP contribution in [0.4, 0.5) is 0 Å². The lowest BCUT2D eigenvalue weighted by Crippen LogP contribution is -2.42. The number of hydrogen-bond acceptors (Lipinski definition) is 5. The highest BCUT2D eigenvalue weighted by Crippen LogP contribution is 2.16. The molecule has 7 heteroatoms. The summed E-state index contributed by atoms with van der Waals surface area (Å²) in [6, 6.07) is 9.17. The first-order valence-electron chi connectivity index (χ1n) is 7.05. The van der Waals surface area contributed by atoms with Gasteiger partial charge in [0.25, 0.3) is 0 Å². The minimum absolute atomic E-state index is 0.0148. The van der Waals surface area contributed by atoms with E-state index in [0.29, 0.717) is 11.3 Å². The average Bonchev–Trinajstić information content (AvgIpc) is 2.98. The van der Waals surface area contributed by atoms with Gasteiger partial charge in [-0.3, -0.25) is 4.79 Å². The quantitative estimate of drug-likeness (QED) is 0.750. The summed E-state index contributed by atoms with van der Waals surface area (Å²) in [4.78, 5) is 11.3. The van der Waals surface area contributed by atoms with Gasteiger partial charge in [0.15, 0.2) is 5.78 Å². The summed E-state index contributed by atoms with van der Waals surface area (Å²) in [6.45, 7) is 2.71. The van der Waals surface area contributed by atoms with E-state index < -0.39 is 15.6 Å². The normalized spacial score (nSPS) is 14.4. The summed E-state index contributed by atoms with van der Waals surface area (Å²) in [5, 5.41) is 10.3. The molecule has 1 heterocycles. The molecule has 6 nitrogen and oxygen atoms in total. The third-order valence-electron chi connectivity index (χ3n) is 3.33. The fourth-order valence-electron chi connectivity index (χ4n) is 2.07. The predicted molar refractivity (Wildman–Crippen MR) is 84.7 cm³/mol. The number of rotatable bonds is 7. The molecule has 124 valence electrons. The van der Waals surface area contributed by atoms with Gasteiger partial charge in [-0.05, 0) is 38.1 Å². The standard InChI is InChI=1S/C16H19NO5S/c1-12(18)13-5-3-7-15(9-13)23(20,21)17-11-16(2,19)10-14-6-4-8-22-14/h3-9,17,19H,10-11H2,1-2H3. The first-order chi connectivity index (χ1) is 10.7. The number of sulfonamides is 1. The van der Waals surface area contributed by atoms with Crippen LogP contribution >= 0.6 is 0 Å². The molecule has 0 saturated carbocycles. The molecule has 23 heavy (non-hydrogen) atoms. The molecular weight excluding hydrogens is 318 g/mol. The van der Waals surface area contributed by atoms with E-state index in [-0.39, 0.29) is 23.6 Å². The summed E-state index contributed by atoms with van der Waals surface area (Å²) < 4.78 is 32.1. The van der Waals surface area contributed by atoms with Crippen molar-refractivity contribution in [3.05, 3.63) is 54.0 Å². The van der Waals surface area contributed by atoms with Gasteiger partial charge in [-0.15, -0.1) is 0 Å². The molecule has 0 aliphatic rings. The molecule has 2 N–H and O–H groups in total.